The normalized spacial score (nSPS) is 11.4. The lowest BCUT2D eigenvalue weighted by atomic mass is 9.78. The summed E-state index contributed by atoms with van der Waals surface area (Å²) in [6.45, 7) is 0. The molecule has 0 spiro atoms. The van der Waals surface area contributed by atoms with Gasteiger partial charge in [0.15, 0.2) is 0 Å². The van der Waals surface area contributed by atoms with E-state index < -0.39 is 0 Å². The maximum absolute atomic E-state index is 4.96. The largest absolute Gasteiger partial charge is 0.236 e. The van der Waals surface area contributed by atoms with Crippen molar-refractivity contribution in [2.75, 3.05) is 0 Å². The fourth-order valence-corrected chi connectivity index (χ4v) is 10.8. The summed E-state index contributed by atoms with van der Waals surface area (Å²) in [5, 5.41) is 5.96. The number of nitrogens with zero attached hydrogens (tertiary/aromatic N) is 1. The Morgan fingerprint density at radius 2 is 0.631 bits per heavy atom. The van der Waals surface area contributed by atoms with Gasteiger partial charge in [-0.15, -0.1) is 11.3 Å². The SMILES string of the molecule is c1ccc(-c2cc(-c3cccc(-c4c5ccccc5c(-c5ccc(-c6nc7ccccc7s6)cc5)c5ccccc45)c3)c(-c3ccccc3)c(-c3ccccc3)c2-c2ccccc2)cc1. The average Bonchev–Trinajstić information content (AvgIpc) is 3.83. The first-order chi connectivity index (χ1) is 32.3. The van der Waals surface area contributed by atoms with Crippen LogP contribution in [0.25, 0.3) is 120 Å². The van der Waals surface area contributed by atoms with Gasteiger partial charge >= 0.3 is 0 Å². The Bertz CT molecular complexity index is 3580. The molecule has 0 fully saturated rings. The van der Waals surface area contributed by atoms with E-state index in [2.05, 4.69) is 249 Å². The van der Waals surface area contributed by atoms with Crippen LogP contribution in [-0.2, 0) is 0 Å². The summed E-state index contributed by atoms with van der Waals surface area (Å²) >= 11 is 1.74. The molecule has 12 aromatic rings. The van der Waals surface area contributed by atoms with Crippen molar-refractivity contribution in [2.45, 2.75) is 0 Å². The van der Waals surface area contributed by atoms with E-state index in [1.165, 1.54) is 98.6 Å². The van der Waals surface area contributed by atoms with Crippen LogP contribution in [0, 0.1) is 0 Å². The van der Waals surface area contributed by atoms with Gasteiger partial charge in [0.1, 0.15) is 5.01 Å². The van der Waals surface area contributed by atoms with Gasteiger partial charge in [-0.1, -0.05) is 224 Å². The van der Waals surface area contributed by atoms with E-state index in [0.717, 1.165) is 21.7 Å². The Balaban J connectivity index is 1.09. The molecular formula is C63H41NS. The molecule has 0 unspecified atom stereocenters. The van der Waals surface area contributed by atoms with Crippen LogP contribution < -0.4 is 0 Å². The highest BCUT2D eigenvalue weighted by Crippen LogP contribution is 2.51. The predicted molar refractivity (Wildman–Crippen MR) is 278 cm³/mol. The number of benzene rings is 11. The minimum Gasteiger partial charge on any atom is -0.236 e. The minimum absolute atomic E-state index is 1.04. The summed E-state index contributed by atoms with van der Waals surface area (Å²) in [5.41, 5.74) is 19.0. The molecule has 304 valence electrons. The van der Waals surface area contributed by atoms with Crippen LogP contribution >= 0.6 is 11.3 Å². The molecule has 0 bridgehead atoms. The Hall–Kier alpha value is -8.17. The van der Waals surface area contributed by atoms with E-state index >= 15 is 0 Å². The Morgan fingerprint density at radius 1 is 0.246 bits per heavy atom. The fourth-order valence-electron chi connectivity index (χ4n) is 9.83. The van der Waals surface area contributed by atoms with Crippen molar-refractivity contribution in [3.63, 3.8) is 0 Å². The molecule has 0 amide bonds. The second-order valence-electron chi connectivity index (χ2n) is 16.5. The summed E-state index contributed by atoms with van der Waals surface area (Å²) in [6, 6.07) is 90.7. The Kier molecular flexibility index (Phi) is 9.78. The molecule has 1 nitrogen and oxygen atoms in total. The maximum atomic E-state index is 4.96. The van der Waals surface area contributed by atoms with Crippen LogP contribution in [0.15, 0.2) is 249 Å². The molecule has 0 aliphatic carbocycles. The second-order valence-corrected chi connectivity index (χ2v) is 17.6. The molecular weight excluding hydrogens is 803 g/mol. The zero-order valence-corrected chi connectivity index (χ0v) is 36.3. The lowest BCUT2D eigenvalue weighted by Crippen LogP contribution is -1.98. The van der Waals surface area contributed by atoms with E-state index in [4.69, 9.17) is 4.98 Å². The molecule has 12 rings (SSSR count). The standard InChI is InChI=1S/C63H41NS/c1-5-20-42(21-6-1)54-41-55(61(44-24-9-3-10-25-44)62(45-26-11-4-12-27-45)60(54)43-22-7-2-8-23-43)48-28-19-29-49(40-48)59-52-32-15-13-30-50(52)58(51-31-14-16-33-53(51)59)46-36-38-47(39-37-46)63-64-56-34-17-18-35-57(56)65-63/h1-41H. The van der Waals surface area contributed by atoms with Gasteiger partial charge in [-0.25, -0.2) is 4.98 Å². The van der Waals surface area contributed by atoms with Crippen LogP contribution in [0.3, 0.4) is 0 Å². The van der Waals surface area contributed by atoms with Crippen LogP contribution in [0.5, 0.6) is 0 Å². The minimum atomic E-state index is 1.04. The molecule has 0 aliphatic rings. The number of hydrogen-bond donors (Lipinski definition) is 0. The van der Waals surface area contributed by atoms with Gasteiger partial charge in [0, 0.05) is 5.56 Å². The molecule has 0 N–H and O–H groups in total. The molecule has 1 aromatic heterocycles. The monoisotopic (exact) mass is 843 g/mol. The number of fused-ring (bicyclic) bond motifs is 3. The van der Waals surface area contributed by atoms with Gasteiger partial charge in [0.2, 0.25) is 0 Å². The van der Waals surface area contributed by atoms with Gasteiger partial charge < -0.3 is 0 Å². The second kappa shape index (κ2) is 16.5. The lowest BCUT2D eigenvalue weighted by molar-refractivity contribution is 1.48. The average molecular weight is 844 g/mol. The van der Waals surface area contributed by atoms with E-state index in [0.29, 0.717) is 0 Å². The number of thiazole rings is 1. The molecule has 1 heterocycles. The molecule has 0 atom stereocenters. The zero-order valence-electron chi connectivity index (χ0n) is 35.5. The number of aromatic nitrogens is 1. The molecule has 0 saturated carbocycles. The number of rotatable bonds is 8. The van der Waals surface area contributed by atoms with Crippen LogP contribution in [0.4, 0.5) is 0 Å². The predicted octanol–water partition coefficient (Wildman–Crippen LogP) is 17.9. The fraction of sp³-hybridized carbons (Fsp3) is 0. The summed E-state index contributed by atoms with van der Waals surface area (Å²) in [7, 11) is 0. The van der Waals surface area contributed by atoms with Crippen molar-refractivity contribution in [2.24, 2.45) is 0 Å². The zero-order chi connectivity index (χ0) is 43.1. The third-order valence-corrected chi connectivity index (χ3v) is 13.8. The highest BCUT2D eigenvalue weighted by atomic mass is 32.1. The van der Waals surface area contributed by atoms with Crippen molar-refractivity contribution in [1.82, 2.24) is 4.98 Å². The Morgan fingerprint density at radius 3 is 1.17 bits per heavy atom. The number of hydrogen-bond acceptors (Lipinski definition) is 2. The highest BCUT2D eigenvalue weighted by Gasteiger charge is 2.25. The maximum Gasteiger partial charge on any atom is 0.124 e. The van der Waals surface area contributed by atoms with Crippen molar-refractivity contribution >= 4 is 43.1 Å². The van der Waals surface area contributed by atoms with Crippen LogP contribution in [-0.4, -0.2) is 4.98 Å². The number of para-hydroxylation sites is 1. The molecule has 0 saturated heterocycles. The van der Waals surface area contributed by atoms with Crippen molar-refractivity contribution in [3.05, 3.63) is 249 Å². The van der Waals surface area contributed by atoms with E-state index in [1.807, 2.05) is 0 Å². The van der Waals surface area contributed by atoms with Gasteiger partial charge in [-0.05, 0) is 124 Å². The molecule has 2 heteroatoms. The van der Waals surface area contributed by atoms with E-state index in [9.17, 15) is 0 Å². The first kappa shape index (κ1) is 38.5. The van der Waals surface area contributed by atoms with Crippen molar-refractivity contribution in [3.8, 4) is 88.5 Å². The molecule has 0 radical (unpaired) electrons. The molecule has 0 aliphatic heterocycles. The summed E-state index contributed by atoms with van der Waals surface area (Å²) in [5.74, 6) is 0. The summed E-state index contributed by atoms with van der Waals surface area (Å²) in [4.78, 5) is 4.96. The van der Waals surface area contributed by atoms with Gasteiger partial charge in [-0.3, -0.25) is 0 Å². The Labute approximate surface area is 383 Å². The lowest BCUT2D eigenvalue weighted by Gasteiger charge is -2.25. The molecule has 65 heavy (non-hydrogen) atoms. The smallest absolute Gasteiger partial charge is 0.124 e. The van der Waals surface area contributed by atoms with Crippen molar-refractivity contribution in [1.29, 1.82) is 0 Å². The quantitative estimate of drug-likeness (QED) is 0.139. The third kappa shape index (κ3) is 6.93. The van der Waals surface area contributed by atoms with E-state index in [-0.39, 0.29) is 0 Å². The summed E-state index contributed by atoms with van der Waals surface area (Å²) < 4.78 is 1.21. The van der Waals surface area contributed by atoms with Gasteiger partial charge in [0.25, 0.3) is 0 Å². The van der Waals surface area contributed by atoms with E-state index in [1.54, 1.807) is 11.3 Å². The topological polar surface area (TPSA) is 12.9 Å². The van der Waals surface area contributed by atoms with Gasteiger partial charge in [0.05, 0.1) is 10.2 Å². The first-order valence-electron chi connectivity index (χ1n) is 22.2. The van der Waals surface area contributed by atoms with Crippen LogP contribution in [0.1, 0.15) is 0 Å². The third-order valence-electron chi connectivity index (χ3n) is 12.7. The molecule has 11 aromatic carbocycles. The van der Waals surface area contributed by atoms with Gasteiger partial charge in [-0.2, -0.15) is 0 Å². The first-order valence-corrected chi connectivity index (χ1v) is 23.0. The highest BCUT2D eigenvalue weighted by molar-refractivity contribution is 7.21. The van der Waals surface area contributed by atoms with Crippen molar-refractivity contribution < 1.29 is 0 Å². The van der Waals surface area contributed by atoms with Crippen LogP contribution in [0.2, 0.25) is 0 Å². The summed E-state index contributed by atoms with van der Waals surface area (Å²) in [6.07, 6.45) is 0.